The lowest BCUT2D eigenvalue weighted by molar-refractivity contribution is 0.604. The number of hydrogen-bond acceptors (Lipinski definition) is 4. The van der Waals surface area contributed by atoms with Crippen molar-refractivity contribution in [2.24, 2.45) is 0 Å². The lowest BCUT2D eigenvalue weighted by atomic mass is 10.1. The summed E-state index contributed by atoms with van der Waals surface area (Å²) >= 11 is 0. The van der Waals surface area contributed by atoms with E-state index in [-0.39, 0.29) is 0 Å². The monoisotopic (exact) mass is 275 g/mol. The number of hydrogen-bond donors (Lipinski definition) is 1. The first kappa shape index (κ1) is 14.8. The zero-order valence-electron chi connectivity index (χ0n) is 12.6. The number of aromatic nitrogens is 4. The van der Waals surface area contributed by atoms with Crippen LogP contribution in [0.5, 0.6) is 0 Å². The van der Waals surface area contributed by atoms with E-state index in [1.165, 1.54) is 38.5 Å². The summed E-state index contributed by atoms with van der Waals surface area (Å²) in [6, 6.07) is 2.09. The summed E-state index contributed by atoms with van der Waals surface area (Å²) in [5.74, 6) is 1.67. The lowest BCUT2D eigenvalue weighted by Crippen LogP contribution is -2.07. The van der Waals surface area contributed by atoms with Crippen LogP contribution in [0.3, 0.4) is 0 Å². The molecule has 2 aromatic rings. The molecule has 5 nitrogen and oxygen atoms in total. The number of nitrogens with one attached hydrogen (secondary N) is 1. The zero-order chi connectivity index (χ0) is 14.2. The molecule has 0 unspecified atom stereocenters. The lowest BCUT2D eigenvalue weighted by Gasteiger charge is -2.08. The van der Waals surface area contributed by atoms with Crippen LogP contribution in [-0.2, 0) is 6.42 Å². The second-order valence-corrected chi connectivity index (χ2v) is 5.15. The van der Waals surface area contributed by atoms with Gasteiger partial charge in [-0.05, 0) is 19.8 Å². The molecule has 0 saturated carbocycles. The van der Waals surface area contributed by atoms with Gasteiger partial charge in [0.05, 0.1) is 0 Å². The molecule has 0 aliphatic rings. The molecule has 0 amide bonds. The maximum Gasteiger partial charge on any atom is 0.254 e. The van der Waals surface area contributed by atoms with Crippen LogP contribution in [-0.4, -0.2) is 26.1 Å². The summed E-state index contributed by atoms with van der Waals surface area (Å²) in [6.07, 6.45) is 10.4. The Balaban J connectivity index is 1.92. The standard InChI is InChI=1S/C15H25N5/c1-3-5-6-7-8-9-10-13-11-14(16-4-2)20-15(19-13)17-12-18-20/h11-12,16H,3-10H2,1-2H3. The number of anilines is 1. The minimum atomic E-state index is 0.685. The van der Waals surface area contributed by atoms with Gasteiger partial charge in [0.1, 0.15) is 12.1 Å². The van der Waals surface area contributed by atoms with Gasteiger partial charge in [-0.1, -0.05) is 39.0 Å². The van der Waals surface area contributed by atoms with E-state index < -0.39 is 0 Å². The molecule has 0 bridgehead atoms. The maximum atomic E-state index is 4.56. The van der Waals surface area contributed by atoms with Crippen LogP contribution in [0.2, 0.25) is 0 Å². The Hall–Kier alpha value is -1.65. The van der Waals surface area contributed by atoms with Gasteiger partial charge >= 0.3 is 0 Å². The molecule has 2 aromatic heterocycles. The highest BCUT2D eigenvalue weighted by atomic mass is 15.3. The molecular weight excluding hydrogens is 250 g/mol. The van der Waals surface area contributed by atoms with Crippen LogP contribution in [0.15, 0.2) is 12.4 Å². The number of rotatable bonds is 9. The molecule has 0 atom stereocenters. The Morgan fingerprint density at radius 2 is 1.90 bits per heavy atom. The molecule has 0 aromatic carbocycles. The second-order valence-electron chi connectivity index (χ2n) is 5.15. The van der Waals surface area contributed by atoms with E-state index in [0.29, 0.717) is 5.78 Å². The van der Waals surface area contributed by atoms with E-state index in [9.17, 15) is 0 Å². The van der Waals surface area contributed by atoms with Crippen LogP contribution >= 0.6 is 0 Å². The van der Waals surface area contributed by atoms with Crippen molar-refractivity contribution in [1.82, 2.24) is 19.6 Å². The van der Waals surface area contributed by atoms with Gasteiger partial charge in [0.2, 0.25) is 0 Å². The van der Waals surface area contributed by atoms with Gasteiger partial charge in [-0.3, -0.25) is 0 Å². The predicted molar refractivity (Wildman–Crippen MR) is 82.0 cm³/mol. The van der Waals surface area contributed by atoms with Gasteiger partial charge in [-0.2, -0.15) is 14.6 Å². The normalized spacial score (nSPS) is 11.1. The van der Waals surface area contributed by atoms with Crippen LogP contribution < -0.4 is 5.32 Å². The van der Waals surface area contributed by atoms with Crippen molar-refractivity contribution < 1.29 is 0 Å². The Morgan fingerprint density at radius 3 is 2.70 bits per heavy atom. The van der Waals surface area contributed by atoms with Crippen LogP contribution in [0.1, 0.15) is 58.1 Å². The number of nitrogens with zero attached hydrogens (tertiary/aromatic N) is 4. The summed E-state index contributed by atoms with van der Waals surface area (Å²) in [7, 11) is 0. The van der Waals surface area contributed by atoms with Crippen LogP contribution in [0.4, 0.5) is 5.82 Å². The molecule has 2 heterocycles. The van der Waals surface area contributed by atoms with Crippen molar-refractivity contribution >= 4 is 11.6 Å². The first-order valence-corrected chi connectivity index (χ1v) is 7.78. The van der Waals surface area contributed by atoms with E-state index in [2.05, 4.69) is 40.3 Å². The smallest absolute Gasteiger partial charge is 0.254 e. The highest BCUT2D eigenvalue weighted by Gasteiger charge is 2.06. The van der Waals surface area contributed by atoms with Crippen molar-refractivity contribution in [3.63, 3.8) is 0 Å². The molecule has 0 fully saturated rings. The third-order valence-electron chi connectivity index (χ3n) is 3.45. The minimum Gasteiger partial charge on any atom is -0.370 e. The number of aryl methyl sites for hydroxylation is 1. The topological polar surface area (TPSA) is 55.1 Å². The molecule has 0 aliphatic carbocycles. The summed E-state index contributed by atoms with van der Waals surface area (Å²) < 4.78 is 1.76. The maximum absolute atomic E-state index is 4.56. The minimum absolute atomic E-state index is 0.685. The van der Waals surface area contributed by atoms with E-state index in [0.717, 1.165) is 24.5 Å². The molecule has 110 valence electrons. The van der Waals surface area contributed by atoms with E-state index in [1.807, 2.05) is 0 Å². The van der Waals surface area contributed by atoms with Gasteiger partial charge in [-0.15, -0.1) is 0 Å². The molecule has 20 heavy (non-hydrogen) atoms. The summed E-state index contributed by atoms with van der Waals surface area (Å²) in [6.45, 7) is 5.20. The van der Waals surface area contributed by atoms with Gasteiger partial charge in [-0.25, -0.2) is 4.98 Å². The third kappa shape index (κ3) is 3.92. The van der Waals surface area contributed by atoms with Crippen LogP contribution in [0, 0.1) is 0 Å². The number of fused-ring (bicyclic) bond motifs is 1. The van der Waals surface area contributed by atoms with Crippen molar-refractivity contribution in [1.29, 1.82) is 0 Å². The molecule has 1 N–H and O–H groups in total. The molecule has 0 saturated heterocycles. The molecular formula is C15H25N5. The highest BCUT2D eigenvalue weighted by Crippen LogP contribution is 2.14. The zero-order valence-corrected chi connectivity index (χ0v) is 12.6. The first-order chi connectivity index (χ1) is 9.85. The molecule has 5 heteroatoms. The quantitative estimate of drug-likeness (QED) is 0.712. The molecule has 0 radical (unpaired) electrons. The van der Waals surface area contributed by atoms with Gasteiger partial charge in [0, 0.05) is 18.3 Å². The Kier molecular flexibility index (Phi) is 5.77. The Morgan fingerprint density at radius 1 is 1.10 bits per heavy atom. The van der Waals surface area contributed by atoms with Crippen LogP contribution in [0.25, 0.3) is 5.78 Å². The molecule has 0 spiro atoms. The average molecular weight is 275 g/mol. The predicted octanol–water partition coefficient (Wildman–Crippen LogP) is 3.46. The summed E-state index contributed by atoms with van der Waals surface area (Å²) in [5.41, 5.74) is 1.11. The fraction of sp³-hybridized carbons (Fsp3) is 0.667. The molecule has 2 rings (SSSR count). The summed E-state index contributed by atoms with van der Waals surface area (Å²) in [4.78, 5) is 8.75. The molecule has 0 aliphatic heterocycles. The fourth-order valence-corrected chi connectivity index (χ4v) is 2.38. The van der Waals surface area contributed by atoms with E-state index in [1.54, 1.807) is 10.8 Å². The van der Waals surface area contributed by atoms with Gasteiger partial charge < -0.3 is 5.32 Å². The van der Waals surface area contributed by atoms with Crippen molar-refractivity contribution in [2.45, 2.75) is 58.8 Å². The van der Waals surface area contributed by atoms with Crippen molar-refractivity contribution in [2.75, 3.05) is 11.9 Å². The van der Waals surface area contributed by atoms with Gasteiger partial charge in [0.25, 0.3) is 5.78 Å². The van der Waals surface area contributed by atoms with E-state index in [4.69, 9.17) is 0 Å². The van der Waals surface area contributed by atoms with E-state index >= 15 is 0 Å². The fourth-order valence-electron chi connectivity index (χ4n) is 2.38. The first-order valence-electron chi connectivity index (χ1n) is 7.78. The van der Waals surface area contributed by atoms with Crippen molar-refractivity contribution in [3.05, 3.63) is 18.1 Å². The Labute approximate surface area is 120 Å². The third-order valence-corrected chi connectivity index (χ3v) is 3.45. The number of unbranched alkanes of at least 4 members (excludes halogenated alkanes) is 5. The summed E-state index contributed by atoms with van der Waals surface area (Å²) in [5, 5.41) is 7.50. The Bertz CT molecular complexity index is 520. The largest absolute Gasteiger partial charge is 0.370 e. The average Bonchev–Trinajstić information content (AvgIpc) is 2.91. The SMILES string of the molecule is CCCCCCCCc1cc(NCC)n2ncnc2n1. The highest BCUT2D eigenvalue weighted by molar-refractivity contribution is 5.44. The van der Waals surface area contributed by atoms with Gasteiger partial charge in [0.15, 0.2) is 0 Å². The van der Waals surface area contributed by atoms with Crippen molar-refractivity contribution in [3.8, 4) is 0 Å². The second kappa shape index (κ2) is 7.82.